The highest BCUT2D eigenvalue weighted by Gasteiger charge is 2.41. The predicted octanol–water partition coefficient (Wildman–Crippen LogP) is 2.64. The van der Waals surface area contributed by atoms with E-state index >= 15 is 0 Å². The van der Waals surface area contributed by atoms with Crippen LogP contribution in [0.25, 0.3) is 0 Å². The molecule has 2 heteroatoms. The average molecular weight is 248 g/mol. The maximum absolute atomic E-state index is 3.75. The molecular weight excluding hydrogens is 220 g/mol. The molecule has 0 bridgehead atoms. The molecule has 2 aliphatic heterocycles. The molecule has 0 amide bonds. The fourth-order valence-corrected chi connectivity index (χ4v) is 4.91. The zero-order valence-corrected chi connectivity index (χ0v) is 11.6. The van der Waals surface area contributed by atoms with Gasteiger partial charge in [-0.15, -0.1) is 0 Å². The van der Waals surface area contributed by atoms with Crippen molar-refractivity contribution in [2.24, 2.45) is 17.8 Å². The Hall–Kier alpha value is -0.0800. The highest BCUT2D eigenvalue weighted by atomic mass is 15.2. The Balaban J connectivity index is 1.37. The van der Waals surface area contributed by atoms with Crippen molar-refractivity contribution in [3.05, 3.63) is 0 Å². The number of hydrogen-bond donors (Lipinski definition) is 1. The standard InChI is InChI=1S/C16H28N2/c1-3-13(12-6-7-12)9-15(5-1)18-10-14-4-2-8-17-16(14)11-18/h12-17H,1-11H2. The average Bonchev–Trinajstić information content (AvgIpc) is 3.18. The number of piperidine rings is 1. The summed E-state index contributed by atoms with van der Waals surface area (Å²) < 4.78 is 0. The second-order valence-corrected chi connectivity index (χ2v) is 7.33. The van der Waals surface area contributed by atoms with E-state index in [1.807, 2.05) is 0 Å². The van der Waals surface area contributed by atoms with E-state index in [9.17, 15) is 0 Å². The SMILES string of the molecule is C1CNC2CN(C3CCCC(C4CC4)C3)CC2C1. The molecule has 2 heterocycles. The Morgan fingerprint density at radius 2 is 1.67 bits per heavy atom. The lowest BCUT2D eigenvalue weighted by molar-refractivity contribution is 0.142. The fourth-order valence-electron chi connectivity index (χ4n) is 4.91. The van der Waals surface area contributed by atoms with Gasteiger partial charge in [-0.25, -0.2) is 0 Å². The molecule has 0 aromatic carbocycles. The van der Waals surface area contributed by atoms with Crippen molar-refractivity contribution >= 4 is 0 Å². The second kappa shape index (κ2) is 4.79. The van der Waals surface area contributed by atoms with Gasteiger partial charge in [-0.2, -0.15) is 0 Å². The molecule has 4 aliphatic rings. The Morgan fingerprint density at radius 3 is 2.50 bits per heavy atom. The zero-order valence-electron chi connectivity index (χ0n) is 11.6. The summed E-state index contributed by atoms with van der Waals surface area (Å²) in [7, 11) is 0. The van der Waals surface area contributed by atoms with E-state index in [-0.39, 0.29) is 0 Å². The third-order valence-corrected chi connectivity index (χ3v) is 6.12. The molecule has 4 fully saturated rings. The molecule has 2 nitrogen and oxygen atoms in total. The molecule has 18 heavy (non-hydrogen) atoms. The first-order valence-corrected chi connectivity index (χ1v) is 8.37. The van der Waals surface area contributed by atoms with Gasteiger partial charge in [0.15, 0.2) is 0 Å². The van der Waals surface area contributed by atoms with Crippen LogP contribution in [-0.4, -0.2) is 36.6 Å². The van der Waals surface area contributed by atoms with Crippen molar-refractivity contribution in [2.45, 2.75) is 63.5 Å². The molecule has 0 aromatic heterocycles. The summed E-state index contributed by atoms with van der Waals surface area (Å²) >= 11 is 0. The number of nitrogens with one attached hydrogen (secondary N) is 1. The van der Waals surface area contributed by atoms with Gasteiger partial charge in [0.05, 0.1) is 0 Å². The smallest absolute Gasteiger partial charge is 0.0235 e. The summed E-state index contributed by atoms with van der Waals surface area (Å²) in [6, 6.07) is 1.77. The summed E-state index contributed by atoms with van der Waals surface area (Å²) in [5, 5.41) is 3.75. The Bertz CT molecular complexity index is 285. The first kappa shape index (κ1) is 11.7. The van der Waals surface area contributed by atoms with Gasteiger partial charge in [-0.1, -0.05) is 12.8 Å². The fraction of sp³-hybridized carbons (Fsp3) is 1.00. The molecule has 1 N–H and O–H groups in total. The van der Waals surface area contributed by atoms with Crippen molar-refractivity contribution in [1.29, 1.82) is 0 Å². The minimum atomic E-state index is 0.833. The number of likely N-dealkylation sites (tertiary alicyclic amines) is 1. The second-order valence-electron chi connectivity index (χ2n) is 7.33. The molecule has 4 atom stereocenters. The molecule has 4 rings (SSSR count). The highest BCUT2D eigenvalue weighted by molar-refractivity contribution is 4.96. The van der Waals surface area contributed by atoms with Gasteiger partial charge in [-0.05, 0) is 62.8 Å². The van der Waals surface area contributed by atoms with E-state index in [4.69, 9.17) is 0 Å². The van der Waals surface area contributed by atoms with E-state index in [1.54, 1.807) is 19.3 Å². The van der Waals surface area contributed by atoms with Crippen molar-refractivity contribution < 1.29 is 0 Å². The van der Waals surface area contributed by atoms with Gasteiger partial charge in [0.25, 0.3) is 0 Å². The normalized spacial score (nSPS) is 46.0. The van der Waals surface area contributed by atoms with Crippen molar-refractivity contribution in [1.82, 2.24) is 10.2 Å². The highest BCUT2D eigenvalue weighted by Crippen LogP contribution is 2.45. The lowest BCUT2D eigenvalue weighted by atomic mass is 9.82. The summed E-state index contributed by atoms with van der Waals surface area (Å²) in [6.07, 6.45) is 12.0. The van der Waals surface area contributed by atoms with Gasteiger partial charge < -0.3 is 5.32 Å². The van der Waals surface area contributed by atoms with E-state index in [2.05, 4.69) is 10.2 Å². The summed E-state index contributed by atoms with van der Waals surface area (Å²) in [4.78, 5) is 2.86. The van der Waals surface area contributed by atoms with Crippen LogP contribution >= 0.6 is 0 Å². The topological polar surface area (TPSA) is 15.3 Å². The molecular formula is C16H28N2. The molecule has 2 saturated carbocycles. The first-order valence-electron chi connectivity index (χ1n) is 8.37. The molecule has 2 saturated heterocycles. The largest absolute Gasteiger partial charge is 0.312 e. The van der Waals surface area contributed by atoms with E-state index < -0.39 is 0 Å². The monoisotopic (exact) mass is 248 g/mol. The zero-order chi connectivity index (χ0) is 11.9. The summed E-state index contributed by atoms with van der Waals surface area (Å²) in [5.41, 5.74) is 0. The maximum Gasteiger partial charge on any atom is 0.0235 e. The van der Waals surface area contributed by atoms with Crippen molar-refractivity contribution in [3.8, 4) is 0 Å². The third kappa shape index (κ3) is 2.22. The number of nitrogens with zero attached hydrogens (tertiary/aromatic N) is 1. The van der Waals surface area contributed by atoms with Crippen LogP contribution in [0.2, 0.25) is 0 Å². The van der Waals surface area contributed by atoms with Gasteiger partial charge in [-0.3, -0.25) is 4.90 Å². The minimum Gasteiger partial charge on any atom is -0.312 e. The van der Waals surface area contributed by atoms with Crippen LogP contribution in [-0.2, 0) is 0 Å². The number of rotatable bonds is 2. The van der Waals surface area contributed by atoms with Gasteiger partial charge in [0, 0.05) is 25.2 Å². The molecule has 102 valence electrons. The molecule has 4 unspecified atom stereocenters. The molecule has 0 radical (unpaired) electrons. The van der Waals surface area contributed by atoms with Gasteiger partial charge in [0.2, 0.25) is 0 Å². The number of fused-ring (bicyclic) bond motifs is 1. The number of hydrogen-bond acceptors (Lipinski definition) is 2. The van der Waals surface area contributed by atoms with Gasteiger partial charge in [0.1, 0.15) is 0 Å². The Labute approximate surface area is 111 Å². The van der Waals surface area contributed by atoms with E-state index in [0.29, 0.717) is 0 Å². The van der Waals surface area contributed by atoms with Crippen LogP contribution in [0.3, 0.4) is 0 Å². The van der Waals surface area contributed by atoms with Crippen molar-refractivity contribution in [2.75, 3.05) is 19.6 Å². The lowest BCUT2D eigenvalue weighted by Crippen LogP contribution is -2.42. The van der Waals surface area contributed by atoms with Crippen LogP contribution in [0, 0.1) is 17.8 Å². The summed E-state index contributed by atoms with van der Waals surface area (Å²) in [6.45, 7) is 4.02. The third-order valence-electron chi connectivity index (χ3n) is 6.12. The molecule has 2 aliphatic carbocycles. The Kier molecular flexibility index (Phi) is 3.12. The van der Waals surface area contributed by atoms with Gasteiger partial charge >= 0.3 is 0 Å². The summed E-state index contributed by atoms with van der Waals surface area (Å²) in [5.74, 6) is 3.20. The van der Waals surface area contributed by atoms with Crippen LogP contribution in [0.15, 0.2) is 0 Å². The molecule has 0 aromatic rings. The predicted molar refractivity (Wildman–Crippen MR) is 74.6 cm³/mol. The first-order chi connectivity index (χ1) is 8.90. The maximum atomic E-state index is 3.75. The lowest BCUT2D eigenvalue weighted by Gasteiger charge is -2.35. The van der Waals surface area contributed by atoms with Crippen LogP contribution in [0.4, 0.5) is 0 Å². The Morgan fingerprint density at radius 1 is 0.778 bits per heavy atom. The van der Waals surface area contributed by atoms with Crippen LogP contribution < -0.4 is 5.32 Å². The van der Waals surface area contributed by atoms with Crippen LogP contribution in [0.5, 0.6) is 0 Å². The van der Waals surface area contributed by atoms with Crippen molar-refractivity contribution in [3.63, 3.8) is 0 Å². The van der Waals surface area contributed by atoms with E-state index in [1.165, 1.54) is 51.7 Å². The molecule has 0 spiro atoms. The quantitative estimate of drug-likeness (QED) is 0.808. The van der Waals surface area contributed by atoms with Crippen LogP contribution in [0.1, 0.15) is 51.4 Å². The minimum absolute atomic E-state index is 0.833. The van der Waals surface area contributed by atoms with E-state index in [0.717, 1.165) is 29.8 Å².